The fourth-order valence-electron chi connectivity index (χ4n) is 3.20. The number of hydrogen-bond acceptors (Lipinski definition) is 4. The van der Waals surface area contributed by atoms with Crippen LogP contribution in [-0.4, -0.2) is 50.6 Å². The SMILES string of the molecule is Cc1cc(N2CCN(C)CC2)ccc1NC(=O)CCCOc1ccccc1. The van der Waals surface area contributed by atoms with Crippen LogP contribution in [0.4, 0.5) is 11.4 Å². The van der Waals surface area contributed by atoms with Crippen molar-refractivity contribution in [3.05, 3.63) is 54.1 Å². The standard InChI is InChI=1S/C22H29N3O2/c1-18-17-19(25-14-12-24(2)13-15-25)10-11-21(18)23-22(26)9-6-16-27-20-7-4-3-5-8-20/h3-5,7-8,10-11,17H,6,9,12-16H2,1-2H3,(H,23,26). The highest BCUT2D eigenvalue weighted by atomic mass is 16.5. The fraction of sp³-hybridized carbons (Fsp3) is 0.409. The molecular weight excluding hydrogens is 338 g/mol. The molecule has 0 spiro atoms. The number of nitrogens with zero attached hydrogens (tertiary/aromatic N) is 2. The van der Waals surface area contributed by atoms with Gasteiger partial charge in [-0.05, 0) is 56.3 Å². The minimum atomic E-state index is 0.0297. The first-order valence-corrected chi connectivity index (χ1v) is 9.63. The topological polar surface area (TPSA) is 44.8 Å². The van der Waals surface area contributed by atoms with Crippen molar-refractivity contribution in [1.29, 1.82) is 0 Å². The van der Waals surface area contributed by atoms with Crippen LogP contribution in [0.2, 0.25) is 0 Å². The molecule has 0 aromatic heterocycles. The summed E-state index contributed by atoms with van der Waals surface area (Å²) < 4.78 is 5.63. The van der Waals surface area contributed by atoms with Crippen LogP contribution in [0.5, 0.6) is 5.75 Å². The number of hydrogen-bond donors (Lipinski definition) is 1. The number of nitrogens with one attached hydrogen (secondary N) is 1. The Kier molecular flexibility index (Phi) is 6.71. The van der Waals surface area contributed by atoms with Crippen molar-refractivity contribution in [2.45, 2.75) is 19.8 Å². The molecule has 2 aromatic rings. The maximum Gasteiger partial charge on any atom is 0.224 e. The van der Waals surface area contributed by atoms with Crippen molar-refractivity contribution in [2.24, 2.45) is 0 Å². The molecule has 0 radical (unpaired) electrons. The monoisotopic (exact) mass is 367 g/mol. The van der Waals surface area contributed by atoms with Crippen LogP contribution in [0.25, 0.3) is 0 Å². The predicted molar refractivity (Wildman–Crippen MR) is 111 cm³/mol. The lowest BCUT2D eigenvalue weighted by atomic mass is 10.1. The molecule has 1 fully saturated rings. The molecule has 1 aliphatic rings. The Balaban J connectivity index is 1.45. The van der Waals surface area contributed by atoms with E-state index in [-0.39, 0.29) is 5.91 Å². The van der Waals surface area contributed by atoms with E-state index in [1.807, 2.05) is 43.3 Å². The summed E-state index contributed by atoms with van der Waals surface area (Å²) in [6, 6.07) is 16.0. The van der Waals surface area contributed by atoms with Crippen molar-refractivity contribution in [3.8, 4) is 5.75 Å². The summed E-state index contributed by atoms with van der Waals surface area (Å²) >= 11 is 0. The van der Waals surface area contributed by atoms with Gasteiger partial charge in [0.05, 0.1) is 6.61 Å². The molecule has 144 valence electrons. The Morgan fingerprint density at radius 1 is 1.07 bits per heavy atom. The lowest BCUT2D eigenvalue weighted by molar-refractivity contribution is -0.116. The van der Waals surface area contributed by atoms with Gasteiger partial charge in [0.1, 0.15) is 5.75 Å². The molecule has 2 aromatic carbocycles. The summed E-state index contributed by atoms with van der Waals surface area (Å²) in [5, 5.41) is 3.02. The molecule has 1 saturated heterocycles. The van der Waals surface area contributed by atoms with Gasteiger partial charge >= 0.3 is 0 Å². The molecule has 1 aliphatic heterocycles. The zero-order chi connectivity index (χ0) is 19.1. The van der Waals surface area contributed by atoms with Crippen LogP contribution in [0.1, 0.15) is 18.4 Å². The molecule has 0 unspecified atom stereocenters. The van der Waals surface area contributed by atoms with Gasteiger partial charge in [-0.1, -0.05) is 18.2 Å². The molecule has 3 rings (SSSR count). The van der Waals surface area contributed by atoms with Crippen molar-refractivity contribution in [3.63, 3.8) is 0 Å². The van der Waals surface area contributed by atoms with Gasteiger partial charge < -0.3 is 19.9 Å². The van der Waals surface area contributed by atoms with Gasteiger partial charge in [0.15, 0.2) is 0 Å². The van der Waals surface area contributed by atoms with E-state index in [1.165, 1.54) is 5.69 Å². The third-order valence-electron chi connectivity index (χ3n) is 4.91. The van der Waals surface area contributed by atoms with Gasteiger partial charge in [0.25, 0.3) is 0 Å². The van der Waals surface area contributed by atoms with E-state index in [0.29, 0.717) is 19.4 Å². The summed E-state index contributed by atoms with van der Waals surface area (Å²) in [5.74, 6) is 0.871. The summed E-state index contributed by atoms with van der Waals surface area (Å²) in [7, 11) is 2.16. The molecule has 1 heterocycles. The first-order valence-electron chi connectivity index (χ1n) is 9.63. The number of carbonyl (C=O) groups is 1. The summed E-state index contributed by atoms with van der Waals surface area (Å²) in [5.41, 5.74) is 3.22. The summed E-state index contributed by atoms with van der Waals surface area (Å²) in [4.78, 5) is 17.0. The molecule has 0 atom stereocenters. The first kappa shape index (κ1) is 19.2. The number of piperazine rings is 1. The summed E-state index contributed by atoms with van der Waals surface area (Å²) in [6.45, 7) is 6.85. The van der Waals surface area contributed by atoms with Gasteiger partial charge in [0.2, 0.25) is 5.91 Å². The average molecular weight is 367 g/mol. The minimum absolute atomic E-state index is 0.0297. The maximum absolute atomic E-state index is 12.2. The molecule has 0 bridgehead atoms. The first-order chi connectivity index (χ1) is 13.1. The molecular formula is C22H29N3O2. The molecule has 5 nitrogen and oxygen atoms in total. The predicted octanol–water partition coefficient (Wildman–Crippen LogP) is 3.54. The number of rotatable bonds is 7. The van der Waals surface area contributed by atoms with Crippen LogP contribution in [0.3, 0.4) is 0 Å². The minimum Gasteiger partial charge on any atom is -0.494 e. The van der Waals surface area contributed by atoms with Gasteiger partial charge in [0, 0.05) is 44.0 Å². The molecule has 0 saturated carbocycles. The average Bonchev–Trinajstić information content (AvgIpc) is 2.68. The Morgan fingerprint density at radius 2 is 1.81 bits per heavy atom. The number of para-hydroxylation sites is 1. The van der Waals surface area contributed by atoms with E-state index in [0.717, 1.165) is 43.2 Å². The Morgan fingerprint density at radius 3 is 2.52 bits per heavy atom. The Labute approximate surface area is 161 Å². The van der Waals surface area contributed by atoms with Crippen LogP contribution in [-0.2, 0) is 4.79 Å². The highest BCUT2D eigenvalue weighted by molar-refractivity contribution is 5.91. The van der Waals surface area contributed by atoms with Crippen molar-refractivity contribution >= 4 is 17.3 Å². The van der Waals surface area contributed by atoms with Crippen LogP contribution < -0.4 is 15.0 Å². The number of anilines is 2. The molecule has 5 heteroatoms. The lowest BCUT2D eigenvalue weighted by Crippen LogP contribution is -2.44. The van der Waals surface area contributed by atoms with Crippen molar-refractivity contribution in [2.75, 3.05) is 50.1 Å². The fourth-order valence-corrected chi connectivity index (χ4v) is 3.20. The lowest BCUT2D eigenvalue weighted by Gasteiger charge is -2.34. The van der Waals surface area contributed by atoms with E-state index >= 15 is 0 Å². The van der Waals surface area contributed by atoms with Crippen molar-refractivity contribution in [1.82, 2.24) is 4.90 Å². The van der Waals surface area contributed by atoms with E-state index in [9.17, 15) is 4.79 Å². The Hall–Kier alpha value is -2.53. The number of amides is 1. The second kappa shape index (κ2) is 9.42. The summed E-state index contributed by atoms with van der Waals surface area (Å²) in [6.07, 6.45) is 1.14. The molecule has 1 N–H and O–H groups in total. The highest BCUT2D eigenvalue weighted by Crippen LogP contribution is 2.24. The van der Waals surface area contributed by atoms with E-state index < -0.39 is 0 Å². The second-order valence-corrected chi connectivity index (χ2v) is 7.10. The number of benzene rings is 2. The third-order valence-corrected chi connectivity index (χ3v) is 4.91. The second-order valence-electron chi connectivity index (χ2n) is 7.10. The normalized spacial score (nSPS) is 14.8. The Bertz CT molecular complexity index is 740. The molecule has 0 aliphatic carbocycles. The quantitative estimate of drug-likeness (QED) is 0.760. The number of ether oxygens (including phenoxy) is 1. The van der Waals surface area contributed by atoms with Crippen LogP contribution in [0.15, 0.2) is 48.5 Å². The number of likely N-dealkylation sites (N-methyl/N-ethyl adjacent to an activating group) is 1. The van der Waals surface area contributed by atoms with Gasteiger partial charge in [-0.3, -0.25) is 4.79 Å². The van der Waals surface area contributed by atoms with Gasteiger partial charge in [-0.2, -0.15) is 0 Å². The largest absolute Gasteiger partial charge is 0.494 e. The van der Waals surface area contributed by atoms with Crippen LogP contribution >= 0.6 is 0 Å². The third kappa shape index (κ3) is 5.73. The maximum atomic E-state index is 12.2. The number of aryl methyl sites for hydroxylation is 1. The van der Waals surface area contributed by atoms with E-state index in [1.54, 1.807) is 0 Å². The van der Waals surface area contributed by atoms with Crippen molar-refractivity contribution < 1.29 is 9.53 Å². The van der Waals surface area contributed by atoms with E-state index in [2.05, 4.69) is 34.3 Å². The highest BCUT2D eigenvalue weighted by Gasteiger charge is 2.15. The zero-order valence-corrected chi connectivity index (χ0v) is 16.3. The van der Waals surface area contributed by atoms with Crippen LogP contribution in [0, 0.1) is 6.92 Å². The molecule has 1 amide bonds. The number of carbonyl (C=O) groups excluding carboxylic acids is 1. The van der Waals surface area contributed by atoms with Gasteiger partial charge in [-0.15, -0.1) is 0 Å². The zero-order valence-electron chi connectivity index (χ0n) is 16.3. The van der Waals surface area contributed by atoms with E-state index in [4.69, 9.17) is 4.74 Å². The smallest absolute Gasteiger partial charge is 0.224 e. The van der Waals surface area contributed by atoms with Gasteiger partial charge in [-0.25, -0.2) is 0 Å². The molecule has 27 heavy (non-hydrogen) atoms.